The van der Waals surface area contributed by atoms with Gasteiger partial charge < -0.3 is 14.4 Å². The Morgan fingerprint density at radius 1 is 1.07 bits per heavy atom. The van der Waals surface area contributed by atoms with Crippen molar-refractivity contribution in [3.8, 4) is 0 Å². The Hall–Kier alpha value is 1.37. The zero-order valence-electron chi connectivity index (χ0n) is 8.47. The molecule has 0 aliphatic carbocycles. The molecular formula is C8H9Na2O3P. The minimum Gasteiger partial charge on any atom is -0.811 e. The van der Waals surface area contributed by atoms with Crippen LogP contribution in [0.1, 0.15) is 5.56 Å². The summed E-state index contributed by atoms with van der Waals surface area (Å²) < 4.78 is 10.3. The molecule has 0 aromatic heterocycles. The zero-order valence-corrected chi connectivity index (χ0v) is 13.4. The standard InChI is InChI=1S/C8H11O3P.2Na/c9-12(10,11)7-6-8-4-2-1-3-5-8;;/h1-5H,6-7H2,(H2,9,10,11);;/q;2*+1/p-2. The summed E-state index contributed by atoms with van der Waals surface area (Å²) in [6.07, 6.45) is 0.0160. The summed E-state index contributed by atoms with van der Waals surface area (Å²) in [7, 11) is -4.33. The molecule has 0 atom stereocenters. The molecule has 0 amide bonds. The molecule has 66 valence electrons. The van der Waals surface area contributed by atoms with E-state index < -0.39 is 7.60 Å². The molecule has 0 saturated heterocycles. The largest absolute Gasteiger partial charge is 1.00 e. The summed E-state index contributed by atoms with van der Waals surface area (Å²) >= 11 is 0. The van der Waals surface area contributed by atoms with Gasteiger partial charge >= 0.3 is 59.1 Å². The van der Waals surface area contributed by atoms with Crippen molar-refractivity contribution in [2.75, 3.05) is 6.16 Å². The molecule has 1 rings (SSSR count). The first-order valence-corrected chi connectivity index (χ1v) is 5.36. The van der Waals surface area contributed by atoms with Crippen molar-refractivity contribution in [1.82, 2.24) is 0 Å². The molecule has 6 heteroatoms. The van der Waals surface area contributed by atoms with Gasteiger partial charge in [-0.1, -0.05) is 37.9 Å². The Bertz CT molecular complexity index is 286. The van der Waals surface area contributed by atoms with E-state index in [1.165, 1.54) is 0 Å². The van der Waals surface area contributed by atoms with E-state index in [1.54, 1.807) is 12.1 Å². The Labute approximate surface area is 128 Å². The average Bonchev–Trinajstić information content (AvgIpc) is 2.02. The van der Waals surface area contributed by atoms with E-state index in [4.69, 9.17) is 0 Å². The van der Waals surface area contributed by atoms with Gasteiger partial charge in [0.2, 0.25) is 0 Å². The molecule has 0 N–H and O–H groups in total. The van der Waals surface area contributed by atoms with Crippen molar-refractivity contribution in [3.63, 3.8) is 0 Å². The van der Waals surface area contributed by atoms with Crippen LogP contribution >= 0.6 is 7.60 Å². The maximum atomic E-state index is 10.3. The van der Waals surface area contributed by atoms with Gasteiger partial charge in [-0.15, -0.1) is 0 Å². The van der Waals surface area contributed by atoms with E-state index in [2.05, 4.69) is 0 Å². The SMILES string of the molecule is O=P([O-])([O-])CCc1ccccc1.[Na+].[Na+]. The van der Waals surface area contributed by atoms with Gasteiger partial charge in [0, 0.05) is 0 Å². The summed E-state index contributed by atoms with van der Waals surface area (Å²) in [5, 5.41) is 0. The predicted octanol–water partition coefficient (Wildman–Crippen LogP) is -5.85. The molecule has 0 aliphatic rings. The van der Waals surface area contributed by atoms with E-state index in [-0.39, 0.29) is 65.3 Å². The van der Waals surface area contributed by atoms with Crippen LogP contribution in [-0.4, -0.2) is 6.16 Å². The fourth-order valence-corrected chi connectivity index (χ4v) is 1.44. The fourth-order valence-electron chi connectivity index (χ4n) is 0.911. The number of hydrogen-bond acceptors (Lipinski definition) is 3. The van der Waals surface area contributed by atoms with Crippen molar-refractivity contribution in [2.45, 2.75) is 6.42 Å². The van der Waals surface area contributed by atoms with Gasteiger partial charge in [0.05, 0.1) is 0 Å². The number of hydrogen-bond donors (Lipinski definition) is 0. The molecule has 0 saturated carbocycles. The van der Waals surface area contributed by atoms with Crippen LogP contribution in [0, 0.1) is 0 Å². The minimum absolute atomic E-state index is 0. The third-order valence-corrected chi connectivity index (χ3v) is 2.29. The van der Waals surface area contributed by atoms with E-state index in [9.17, 15) is 14.4 Å². The molecule has 0 fully saturated rings. The monoisotopic (exact) mass is 230 g/mol. The molecule has 14 heavy (non-hydrogen) atoms. The van der Waals surface area contributed by atoms with Gasteiger partial charge in [0.15, 0.2) is 0 Å². The van der Waals surface area contributed by atoms with Crippen molar-refractivity contribution in [3.05, 3.63) is 35.9 Å². The van der Waals surface area contributed by atoms with Gasteiger partial charge in [-0.2, -0.15) is 0 Å². The molecule has 0 aliphatic heterocycles. The van der Waals surface area contributed by atoms with Crippen molar-refractivity contribution in [2.24, 2.45) is 0 Å². The van der Waals surface area contributed by atoms with Crippen LogP contribution in [0.5, 0.6) is 0 Å². The van der Waals surface area contributed by atoms with E-state index >= 15 is 0 Å². The van der Waals surface area contributed by atoms with Crippen LogP contribution in [0.25, 0.3) is 0 Å². The topological polar surface area (TPSA) is 63.2 Å². The number of benzene rings is 1. The minimum atomic E-state index is -4.33. The van der Waals surface area contributed by atoms with Crippen LogP contribution < -0.4 is 68.9 Å². The van der Waals surface area contributed by atoms with E-state index in [0.717, 1.165) is 5.56 Å². The normalized spacial score (nSPS) is 9.86. The molecule has 1 aromatic carbocycles. The summed E-state index contributed by atoms with van der Waals surface area (Å²) in [6.45, 7) is 0. The maximum absolute atomic E-state index is 10.3. The quantitative estimate of drug-likeness (QED) is 0.384. The maximum Gasteiger partial charge on any atom is 1.00 e. The first-order valence-electron chi connectivity index (χ1n) is 3.63. The molecule has 0 radical (unpaired) electrons. The third-order valence-electron chi connectivity index (χ3n) is 1.52. The van der Waals surface area contributed by atoms with Crippen LogP contribution in [0.2, 0.25) is 0 Å². The van der Waals surface area contributed by atoms with Crippen LogP contribution in [0.3, 0.4) is 0 Å². The van der Waals surface area contributed by atoms with Gasteiger partial charge in [-0.05, 0) is 18.1 Å². The summed E-state index contributed by atoms with van der Waals surface area (Å²) in [5.74, 6) is 0. The first kappa shape index (κ1) is 17.8. The Morgan fingerprint density at radius 2 is 1.57 bits per heavy atom. The zero-order chi connectivity index (χ0) is 9.03. The Morgan fingerprint density at radius 3 is 2.00 bits per heavy atom. The smallest absolute Gasteiger partial charge is 0.811 e. The first-order chi connectivity index (χ1) is 5.58. The second-order valence-electron chi connectivity index (χ2n) is 2.57. The van der Waals surface area contributed by atoms with Crippen LogP contribution in [-0.2, 0) is 11.0 Å². The second kappa shape index (κ2) is 8.51. The Balaban J connectivity index is 0. The predicted molar refractivity (Wildman–Crippen MR) is 42.6 cm³/mol. The molecule has 0 heterocycles. The summed E-state index contributed by atoms with van der Waals surface area (Å²) in [6, 6.07) is 9.08. The molecule has 1 aromatic rings. The second-order valence-corrected chi connectivity index (χ2v) is 4.24. The van der Waals surface area contributed by atoms with Crippen molar-refractivity contribution >= 4 is 7.60 Å². The Kier molecular flexibility index (Phi) is 10.8. The average molecular weight is 230 g/mol. The van der Waals surface area contributed by atoms with E-state index in [0.29, 0.717) is 6.42 Å². The van der Waals surface area contributed by atoms with Crippen molar-refractivity contribution in [1.29, 1.82) is 0 Å². The van der Waals surface area contributed by atoms with Crippen LogP contribution in [0.15, 0.2) is 30.3 Å². The number of rotatable bonds is 3. The fraction of sp³-hybridized carbons (Fsp3) is 0.250. The molecule has 0 bridgehead atoms. The molecule has 0 unspecified atom stereocenters. The summed E-state index contributed by atoms with van der Waals surface area (Å²) in [5.41, 5.74) is 0.879. The molecule has 3 nitrogen and oxygen atoms in total. The van der Waals surface area contributed by atoms with Gasteiger partial charge in [-0.3, -0.25) is 0 Å². The number of aryl methyl sites for hydroxylation is 1. The van der Waals surface area contributed by atoms with Crippen LogP contribution in [0.4, 0.5) is 0 Å². The molecule has 0 spiro atoms. The third kappa shape index (κ3) is 8.66. The summed E-state index contributed by atoms with van der Waals surface area (Å²) in [4.78, 5) is 20.6. The van der Waals surface area contributed by atoms with Crippen molar-refractivity contribution < 1.29 is 73.5 Å². The molecular weight excluding hydrogens is 221 g/mol. The van der Waals surface area contributed by atoms with Gasteiger partial charge in [0.25, 0.3) is 0 Å². The van der Waals surface area contributed by atoms with Gasteiger partial charge in [0.1, 0.15) is 0 Å². The van der Waals surface area contributed by atoms with Gasteiger partial charge in [-0.25, -0.2) is 0 Å². The van der Waals surface area contributed by atoms with E-state index in [1.807, 2.05) is 18.2 Å².